The highest BCUT2D eigenvalue weighted by Gasteiger charge is 2.38. The minimum Gasteiger partial charge on any atom is -0.310 e. The summed E-state index contributed by atoms with van der Waals surface area (Å²) >= 11 is 1.98. The third-order valence-corrected chi connectivity index (χ3v) is 3.88. The average Bonchev–Trinajstić information content (AvgIpc) is 2.02. The number of nitriles is 1. The summed E-state index contributed by atoms with van der Waals surface area (Å²) < 4.78 is 0.370. The molecule has 0 aromatic rings. The molecule has 0 saturated carbocycles. The number of nitrogens with one attached hydrogen (secondary N) is 1. The maximum atomic E-state index is 8.57. The molecule has 1 aliphatic heterocycles. The molecule has 0 amide bonds. The molecule has 1 heterocycles. The molecule has 0 aliphatic carbocycles. The molecular formula is C9H16N2S. The van der Waals surface area contributed by atoms with Gasteiger partial charge in [0.05, 0.1) is 12.0 Å². The summed E-state index contributed by atoms with van der Waals surface area (Å²) in [6.45, 7) is 7.27. The molecule has 1 aliphatic rings. The molecule has 1 rings (SSSR count). The minimum absolute atomic E-state index is 0.131. The fraction of sp³-hybridized carbons (Fsp3) is 0.889. The summed E-state index contributed by atoms with van der Waals surface area (Å²) in [7, 11) is 0. The first-order chi connectivity index (χ1) is 5.56. The van der Waals surface area contributed by atoms with Gasteiger partial charge in [-0.15, -0.1) is 0 Å². The number of nitrogens with zero attached hydrogens (tertiary/aromatic N) is 1. The van der Waals surface area contributed by atoms with E-state index in [0.29, 0.717) is 10.8 Å². The first-order valence-electron chi connectivity index (χ1n) is 4.33. The van der Waals surface area contributed by atoms with Crippen LogP contribution in [0.3, 0.4) is 0 Å². The standard InChI is InChI=1S/C9H16N2S/c1-7(4-10)5-11-8-6-12-9(8,2)3/h7-8,11H,5-6H2,1-3H3. The van der Waals surface area contributed by atoms with Crippen molar-refractivity contribution in [3.05, 3.63) is 0 Å². The van der Waals surface area contributed by atoms with E-state index >= 15 is 0 Å². The fourth-order valence-corrected chi connectivity index (χ4v) is 2.37. The van der Waals surface area contributed by atoms with Crippen molar-refractivity contribution < 1.29 is 0 Å². The first kappa shape index (κ1) is 9.88. The van der Waals surface area contributed by atoms with E-state index in [9.17, 15) is 0 Å². The molecule has 0 aromatic carbocycles. The van der Waals surface area contributed by atoms with Crippen molar-refractivity contribution in [3.63, 3.8) is 0 Å². The van der Waals surface area contributed by atoms with E-state index in [1.165, 1.54) is 5.75 Å². The Hall–Kier alpha value is -0.200. The van der Waals surface area contributed by atoms with Gasteiger partial charge in [-0.05, 0) is 20.8 Å². The average molecular weight is 184 g/mol. The largest absolute Gasteiger partial charge is 0.310 e. The lowest BCUT2D eigenvalue weighted by Gasteiger charge is -2.44. The molecule has 2 unspecified atom stereocenters. The number of hydrogen-bond donors (Lipinski definition) is 1. The van der Waals surface area contributed by atoms with Gasteiger partial charge < -0.3 is 5.32 Å². The van der Waals surface area contributed by atoms with Crippen LogP contribution in [0.1, 0.15) is 20.8 Å². The minimum atomic E-state index is 0.131. The Morgan fingerprint density at radius 3 is 2.75 bits per heavy atom. The molecule has 0 aromatic heterocycles. The summed E-state index contributed by atoms with van der Waals surface area (Å²) in [5, 5.41) is 12.0. The van der Waals surface area contributed by atoms with E-state index in [2.05, 4.69) is 25.2 Å². The van der Waals surface area contributed by atoms with Crippen LogP contribution in [0, 0.1) is 17.2 Å². The summed E-state index contributed by atoms with van der Waals surface area (Å²) in [4.78, 5) is 0. The lowest BCUT2D eigenvalue weighted by atomic mass is 10.0. The van der Waals surface area contributed by atoms with E-state index in [1.54, 1.807) is 0 Å². The van der Waals surface area contributed by atoms with Crippen molar-refractivity contribution in [1.29, 1.82) is 5.26 Å². The van der Waals surface area contributed by atoms with Gasteiger partial charge in [-0.1, -0.05) is 0 Å². The van der Waals surface area contributed by atoms with Crippen LogP contribution in [0.25, 0.3) is 0 Å². The van der Waals surface area contributed by atoms with Crippen molar-refractivity contribution in [2.45, 2.75) is 31.6 Å². The Morgan fingerprint density at radius 1 is 1.75 bits per heavy atom. The summed E-state index contributed by atoms with van der Waals surface area (Å²) in [6.07, 6.45) is 0. The molecule has 0 spiro atoms. The summed E-state index contributed by atoms with van der Waals surface area (Å²) in [5.74, 6) is 1.32. The van der Waals surface area contributed by atoms with Gasteiger partial charge in [0.1, 0.15) is 0 Å². The van der Waals surface area contributed by atoms with Crippen LogP contribution in [-0.2, 0) is 0 Å². The van der Waals surface area contributed by atoms with Crippen LogP contribution in [0.4, 0.5) is 0 Å². The molecule has 3 heteroatoms. The fourth-order valence-electron chi connectivity index (χ4n) is 1.17. The molecule has 1 fully saturated rings. The Labute approximate surface area is 78.7 Å². The van der Waals surface area contributed by atoms with E-state index in [-0.39, 0.29) is 5.92 Å². The lowest BCUT2D eigenvalue weighted by molar-refractivity contribution is 0.421. The SMILES string of the molecule is CC(C#N)CNC1CSC1(C)C. The van der Waals surface area contributed by atoms with Gasteiger partial charge in [0.15, 0.2) is 0 Å². The van der Waals surface area contributed by atoms with Gasteiger partial charge in [0.25, 0.3) is 0 Å². The second kappa shape index (κ2) is 3.68. The van der Waals surface area contributed by atoms with Crippen LogP contribution in [0.2, 0.25) is 0 Å². The third-order valence-electron chi connectivity index (χ3n) is 2.35. The van der Waals surface area contributed by atoms with E-state index in [1.807, 2.05) is 18.7 Å². The number of thioether (sulfide) groups is 1. The highest BCUT2D eigenvalue weighted by atomic mass is 32.2. The summed E-state index contributed by atoms with van der Waals surface area (Å²) in [6, 6.07) is 2.82. The van der Waals surface area contributed by atoms with Crippen LogP contribution < -0.4 is 5.32 Å². The Bertz CT molecular complexity index is 195. The quantitative estimate of drug-likeness (QED) is 0.724. The van der Waals surface area contributed by atoms with E-state index < -0.39 is 0 Å². The van der Waals surface area contributed by atoms with Gasteiger partial charge in [-0.2, -0.15) is 17.0 Å². The molecule has 12 heavy (non-hydrogen) atoms. The van der Waals surface area contributed by atoms with Crippen molar-refractivity contribution in [2.24, 2.45) is 5.92 Å². The zero-order valence-electron chi connectivity index (χ0n) is 7.92. The van der Waals surface area contributed by atoms with Gasteiger partial charge in [-0.25, -0.2) is 0 Å². The van der Waals surface area contributed by atoms with Crippen molar-refractivity contribution >= 4 is 11.8 Å². The predicted octanol–water partition coefficient (Wildman–Crippen LogP) is 1.63. The van der Waals surface area contributed by atoms with Gasteiger partial charge in [0.2, 0.25) is 0 Å². The van der Waals surface area contributed by atoms with Crippen LogP contribution in [-0.4, -0.2) is 23.1 Å². The Morgan fingerprint density at radius 2 is 2.42 bits per heavy atom. The lowest BCUT2D eigenvalue weighted by Crippen LogP contribution is -2.55. The molecule has 68 valence electrons. The van der Waals surface area contributed by atoms with Crippen molar-refractivity contribution in [3.8, 4) is 6.07 Å². The van der Waals surface area contributed by atoms with Gasteiger partial charge in [-0.3, -0.25) is 0 Å². The van der Waals surface area contributed by atoms with Gasteiger partial charge in [0, 0.05) is 23.1 Å². The second-order valence-corrected chi connectivity index (χ2v) is 5.58. The second-order valence-electron chi connectivity index (χ2n) is 3.91. The monoisotopic (exact) mass is 184 g/mol. The van der Waals surface area contributed by atoms with Gasteiger partial charge >= 0.3 is 0 Å². The highest BCUT2D eigenvalue weighted by Crippen LogP contribution is 2.39. The number of rotatable bonds is 3. The third kappa shape index (κ3) is 2.15. The van der Waals surface area contributed by atoms with Crippen molar-refractivity contribution in [2.75, 3.05) is 12.3 Å². The first-order valence-corrected chi connectivity index (χ1v) is 5.32. The molecule has 1 saturated heterocycles. The van der Waals surface area contributed by atoms with E-state index in [4.69, 9.17) is 5.26 Å². The smallest absolute Gasteiger partial charge is 0.0666 e. The Kier molecular flexibility index (Phi) is 3.03. The molecule has 1 N–H and O–H groups in total. The zero-order chi connectivity index (χ0) is 9.19. The maximum absolute atomic E-state index is 8.57. The van der Waals surface area contributed by atoms with Crippen molar-refractivity contribution in [1.82, 2.24) is 5.32 Å². The summed E-state index contributed by atoms with van der Waals surface area (Å²) in [5.41, 5.74) is 0. The molecule has 2 atom stereocenters. The zero-order valence-corrected chi connectivity index (χ0v) is 8.74. The molecule has 2 nitrogen and oxygen atoms in total. The molecule has 0 bridgehead atoms. The van der Waals surface area contributed by atoms with E-state index in [0.717, 1.165) is 6.54 Å². The predicted molar refractivity (Wildman–Crippen MR) is 53.1 cm³/mol. The van der Waals surface area contributed by atoms with Crippen LogP contribution in [0.15, 0.2) is 0 Å². The maximum Gasteiger partial charge on any atom is 0.0666 e. The van der Waals surface area contributed by atoms with Crippen LogP contribution >= 0.6 is 11.8 Å². The highest BCUT2D eigenvalue weighted by molar-refractivity contribution is 8.02. The molecular weight excluding hydrogens is 168 g/mol. The molecule has 0 radical (unpaired) electrons. The Balaban J connectivity index is 2.21. The number of hydrogen-bond acceptors (Lipinski definition) is 3. The normalized spacial score (nSPS) is 28.7. The topological polar surface area (TPSA) is 35.8 Å². The van der Waals surface area contributed by atoms with Crippen LogP contribution in [0.5, 0.6) is 0 Å².